The fourth-order valence-electron chi connectivity index (χ4n) is 6.22. The van der Waals surface area contributed by atoms with E-state index in [4.69, 9.17) is 23.7 Å². The minimum absolute atomic E-state index is 0.0499. The maximum atomic E-state index is 15.4. The number of halogens is 1. The molecular formula is C35H34FNO6. The van der Waals surface area contributed by atoms with Gasteiger partial charge in [0.2, 0.25) is 5.88 Å². The van der Waals surface area contributed by atoms with Gasteiger partial charge in [0.25, 0.3) is 0 Å². The average Bonchev–Trinajstić information content (AvgIpc) is 3.61. The molecular weight excluding hydrogens is 549 g/mol. The third kappa shape index (κ3) is 5.74. The van der Waals surface area contributed by atoms with Crippen LogP contribution in [0.2, 0.25) is 0 Å². The van der Waals surface area contributed by atoms with Crippen molar-refractivity contribution in [1.29, 1.82) is 0 Å². The van der Waals surface area contributed by atoms with Gasteiger partial charge in [-0.1, -0.05) is 12.1 Å². The fraction of sp³-hybridized carbons (Fsp3) is 0.314. The topological polar surface area (TPSA) is 76.1 Å². The molecule has 222 valence electrons. The van der Waals surface area contributed by atoms with Gasteiger partial charge in [-0.25, -0.2) is 9.37 Å². The van der Waals surface area contributed by atoms with Gasteiger partial charge in [0, 0.05) is 35.4 Å². The summed E-state index contributed by atoms with van der Waals surface area (Å²) in [7, 11) is 2.97. The number of pyridine rings is 1. The van der Waals surface area contributed by atoms with Crippen molar-refractivity contribution in [2.45, 2.75) is 51.7 Å². The van der Waals surface area contributed by atoms with Crippen molar-refractivity contribution in [1.82, 2.24) is 4.98 Å². The van der Waals surface area contributed by atoms with Crippen LogP contribution in [0.5, 0.6) is 23.1 Å². The Morgan fingerprint density at radius 2 is 1.84 bits per heavy atom. The normalized spacial score (nSPS) is 16.7. The highest BCUT2D eigenvalue weighted by molar-refractivity contribution is 5.76. The molecule has 1 aliphatic carbocycles. The van der Waals surface area contributed by atoms with Crippen LogP contribution in [-0.4, -0.2) is 31.8 Å². The Labute approximate surface area is 250 Å². The lowest BCUT2D eigenvalue weighted by Gasteiger charge is -2.19. The summed E-state index contributed by atoms with van der Waals surface area (Å²) in [5.74, 6) is 2.03. The lowest BCUT2D eigenvalue weighted by Crippen LogP contribution is -2.09. The zero-order chi connectivity index (χ0) is 30.1. The van der Waals surface area contributed by atoms with E-state index in [1.54, 1.807) is 19.4 Å². The number of nitrogens with zero attached hydrogens (tertiary/aromatic N) is 1. The lowest BCUT2D eigenvalue weighted by molar-refractivity contribution is -0.141. The molecule has 2 heterocycles. The molecule has 0 amide bonds. The molecule has 6 rings (SSSR count). The Balaban J connectivity index is 1.22. The predicted octanol–water partition coefficient (Wildman–Crippen LogP) is 7.20. The lowest BCUT2D eigenvalue weighted by atomic mass is 9.90. The SMILES string of the molecule is COC(=O)C[C@@H]1COc2cc(OC3CCc4c(-c5c(C)cc(OCc6ccnc(OC)c6)cc5C)ccc(F)c43)ccc21. The summed E-state index contributed by atoms with van der Waals surface area (Å²) >= 11 is 0. The monoisotopic (exact) mass is 583 g/mol. The van der Waals surface area contributed by atoms with Gasteiger partial charge in [0.15, 0.2) is 0 Å². The number of aryl methyl sites for hydroxylation is 2. The molecule has 0 saturated heterocycles. The Hall–Kier alpha value is -4.59. The molecule has 7 nitrogen and oxygen atoms in total. The second-order valence-corrected chi connectivity index (χ2v) is 11.0. The van der Waals surface area contributed by atoms with E-state index in [2.05, 4.69) is 18.8 Å². The highest BCUT2D eigenvalue weighted by Gasteiger charge is 2.32. The molecule has 0 saturated carbocycles. The number of rotatable bonds is 9. The van der Waals surface area contributed by atoms with Crippen molar-refractivity contribution in [3.05, 3.63) is 100.0 Å². The first-order valence-electron chi connectivity index (χ1n) is 14.4. The Morgan fingerprint density at radius 1 is 1.02 bits per heavy atom. The highest BCUT2D eigenvalue weighted by Crippen LogP contribution is 2.45. The molecule has 3 aromatic carbocycles. The van der Waals surface area contributed by atoms with Crippen LogP contribution in [-0.2, 0) is 22.6 Å². The smallest absolute Gasteiger partial charge is 0.306 e. The minimum Gasteiger partial charge on any atom is -0.492 e. The van der Waals surface area contributed by atoms with E-state index < -0.39 is 6.10 Å². The standard InChI is InChI=1S/C35H34FNO6/c1-20-13-25(41-18-22-11-12-37-32(15-22)39-3)14-21(2)34(20)27-7-9-29(36)35-28(27)8-10-30(35)43-24-5-6-26-23(16-33(38)40-4)19-42-31(26)17-24/h5-7,9,11-15,17,23,30H,8,10,16,18-19H2,1-4H3/t23-,30?/m1/s1. The second kappa shape index (κ2) is 12.0. The molecule has 0 fully saturated rings. The molecule has 1 aliphatic heterocycles. The number of hydrogen-bond donors (Lipinski definition) is 0. The van der Waals surface area contributed by atoms with Gasteiger partial charge < -0.3 is 23.7 Å². The van der Waals surface area contributed by atoms with E-state index in [1.807, 2.05) is 48.5 Å². The second-order valence-electron chi connectivity index (χ2n) is 11.0. The Morgan fingerprint density at radius 3 is 2.60 bits per heavy atom. The molecule has 1 unspecified atom stereocenters. The summed E-state index contributed by atoms with van der Waals surface area (Å²) < 4.78 is 43.7. The van der Waals surface area contributed by atoms with Gasteiger partial charge in [-0.05, 0) is 90.4 Å². The van der Waals surface area contributed by atoms with Crippen LogP contribution in [0, 0.1) is 19.7 Å². The van der Waals surface area contributed by atoms with Crippen LogP contribution in [0.1, 0.15) is 58.2 Å². The van der Waals surface area contributed by atoms with E-state index in [0.717, 1.165) is 44.7 Å². The fourth-order valence-corrected chi connectivity index (χ4v) is 6.22. The van der Waals surface area contributed by atoms with Crippen molar-refractivity contribution in [2.24, 2.45) is 0 Å². The van der Waals surface area contributed by atoms with Gasteiger partial charge in [0.1, 0.15) is 35.8 Å². The molecule has 0 spiro atoms. The first-order chi connectivity index (χ1) is 20.8. The number of carbonyl (C=O) groups excluding carboxylic acids is 1. The number of esters is 1. The number of benzene rings is 3. The van der Waals surface area contributed by atoms with Crippen LogP contribution >= 0.6 is 0 Å². The minimum atomic E-state index is -0.416. The van der Waals surface area contributed by atoms with E-state index in [-0.39, 0.29) is 24.1 Å². The summed E-state index contributed by atoms with van der Waals surface area (Å²) in [6.07, 6.45) is 2.92. The number of carbonyl (C=O) groups is 1. The quantitative estimate of drug-likeness (QED) is 0.193. The first kappa shape index (κ1) is 28.5. The summed E-state index contributed by atoms with van der Waals surface area (Å²) in [6, 6.07) is 16.8. The van der Waals surface area contributed by atoms with Crippen LogP contribution < -0.4 is 18.9 Å². The number of hydrogen-bond acceptors (Lipinski definition) is 7. The van der Waals surface area contributed by atoms with Gasteiger partial charge in [0.05, 0.1) is 27.2 Å². The molecule has 0 bridgehead atoms. The Bertz CT molecular complexity index is 1660. The Kier molecular flexibility index (Phi) is 7.93. The molecule has 2 aliphatic rings. The van der Waals surface area contributed by atoms with E-state index in [9.17, 15) is 4.79 Å². The zero-order valence-electron chi connectivity index (χ0n) is 24.7. The number of methoxy groups -OCH3 is 2. The van der Waals surface area contributed by atoms with E-state index in [0.29, 0.717) is 49.0 Å². The maximum Gasteiger partial charge on any atom is 0.306 e. The predicted molar refractivity (Wildman–Crippen MR) is 159 cm³/mol. The highest BCUT2D eigenvalue weighted by atomic mass is 19.1. The number of ether oxygens (including phenoxy) is 5. The average molecular weight is 584 g/mol. The third-order valence-electron chi connectivity index (χ3n) is 8.26. The van der Waals surface area contributed by atoms with Crippen molar-refractivity contribution in [3.63, 3.8) is 0 Å². The van der Waals surface area contributed by atoms with Gasteiger partial charge in [-0.3, -0.25) is 4.79 Å². The zero-order valence-corrected chi connectivity index (χ0v) is 24.7. The van der Waals surface area contributed by atoms with Gasteiger partial charge >= 0.3 is 5.97 Å². The largest absolute Gasteiger partial charge is 0.492 e. The molecule has 4 aromatic rings. The van der Waals surface area contributed by atoms with Crippen molar-refractivity contribution in [2.75, 3.05) is 20.8 Å². The van der Waals surface area contributed by atoms with Crippen LogP contribution in [0.4, 0.5) is 4.39 Å². The summed E-state index contributed by atoms with van der Waals surface area (Å²) in [5, 5.41) is 0. The summed E-state index contributed by atoms with van der Waals surface area (Å²) in [4.78, 5) is 15.9. The van der Waals surface area contributed by atoms with Gasteiger partial charge in [-0.15, -0.1) is 0 Å². The van der Waals surface area contributed by atoms with Crippen molar-refractivity contribution in [3.8, 4) is 34.3 Å². The van der Waals surface area contributed by atoms with Crippen molar-refractivity contribution < 1.29 is 32.9 Å². The molecule has 8 heteroatoms. The molecule has 2 atom stereocenters. The molecule has 0 N–H and O–H groups in total. The third-order valence-corrected chi connectivity index (χ3v) is 8.26. The van der Waals surface area contributed by atoms with E-state index in [1.165, 1.54) is 7.11 Å². The first-order valence-corrected chi connectivity index (χ1v) is 14.4. The van der Waals surface area contributed by atoms with Crippen LogP contribution in [0.25, 0.3) is 11.1 Å². The maximum absolute atomic E-state index is 15.4. The molecule has 1 aromatic heterocycles. The van der Waals surface area contributed by atoms with E-state index >= 15 is 4.39 Å². The summed E-state index contributed by atoms with van der Waals surface area (Å²) in [5.41, 5.74) is 7.71. The molecule has 43 heavy (non-hydrogen) atoms. The van der Waals surface area contributed by atoms with Crippen LogP contribution in [0.3, 0.4) is 0 Å². The van der Waals surface area contributed by atoms with Crippen molar-refractivity contribution >= 4 is 5.97 Å². The molecule has 0 radical (unpaired) electrons. The summed E-state index contributed by atoms with van der Waals surface area (Å²) in [6.45, 7) is 4.92. The van der Waals surface area contributed by atoms with Gasteiger partial charge in [-0.2, -0.15) is 0 Å². The number of fused-ring (bicyclic) bond motifs is 2. The van der Waals surface area contributed by atoms with Crippen LogP contribution in [0.15, 0.2) is 60.8 Å². The number of aromatic nitrogens is 1.